The van der Waals surface area contributed by atoms with Gasteiger partial charge in [0.1, 0.15) is 11.6 Å². The number of hydrogen-bond acceptors (Lipinski definition) is 5. The molecule has 2 aliphatic heterocycles. The van der Waals surface area contributed by atoms with Gasteiger partial charge in [-0.3, -0.25) is 9.59 Å². The molecule has 2 aliphatic rings. The molecule has 3 aromatic rings. The molecule has 0 radical (unpaired) electrons. The molecule has 1 fully saturated rings. The number of hydrogen-bond donors (Lipinski definition) is 1. The number of carbonyl (C=O) groups excluding carboxylic acids is 1. The van der Waals surface area contributed by atoms with E-state index in [2.05, 4.69) is 21.3 Å². The van der Waals surface area contributed by atoms with E-state index in [1.807, 2.05) is 22.8 Å². The van der Waals surface area contributed by atoms with Crippen LogP contribution in [0.2, 0.25) is 0 Å². The van der Waals surface area contributed by atoms with Crippen LogP contribution in [0, 0.1) is 5.92 Å². The zero-order valence-corrected chi connectivity index (χ0v) is 17.3. The number of piperidine rings is 1. The van der Waals surface area contributed by atoms with Gasteiger partial charge in [-0.15, -0.1) is 0 Å². The van der Waals surface area contributed by atoms with Crippen LogP contribution in [-0.4, -0.2) is 35.7 Å². The van der Waals surface area contributed by atoms with Crippen molar-refractivity contribution in [3.8, 4) is 5.75 Å². The van der Waals surface area contributed by atoms with Crippen LogP contribution >= 0.6 is 0 Å². The normalized spacial score (nSPS) is 19.5. The summed E-state index contributed by atoms with van der Waals surface area (Å²) < 4.78 is 7.06. The molecule has 0 spiro atoms. The van der Waals surface area contributed by atoms with Crippen LogP contribution in [0.4, 0.5) is 11.5 Å². The highest BCUT2D eigenvalue weighted by molar-refractivity contribution is 6.04. The van der Waals surface area contributed by atoms with Gasteiger partial charge in [0.25, 0.3) is 11.5 Å². The van der Waals surface area contributed by atoms with E-state index in [0.717, 1.165) is 37.6 Å². The van der Waals surface area contributed by atoms with Crippen molar-refractivity contribution in [2.75, 3.05) is 30.4 Å². The van der Waals surface area contributed by atoms with Crippen LogP contribution in [0.5, 0.6) is 5.75 Å². The fourth-order valence-corrected chi connectivity index (χ4v) is 4.68. The van der Waals surface area contributed by atoms with E-state index in [4.69, 9.17) is 4.74 Å². The van der Waals surface area contributed by atoms with Crippen LogP contribution in [-0.2, 0) is 6.54 Å². The lowest BCUT2D eigenvalue weighted by Gasteiger charge is -2.43. The second-order valence-corrected chi connectivity index (χ2v) is 8.19. The minimum Gasteiger partial charge on any atom is -0.497 e. The van der Waals surface area contributed by atoms with Gasteiger partial charge in [0.2, 0.25) is 0 Å². The van der Waals surface area contributed by atoms with Crippen LogP contribution in [0.25, 0.3) is 0 Å². The largest absolute Gasteiger partial charge is 0.497 e. The average Bonchev–Trinajstić information content (AvgIpc) is 2.80. The second kappa shape index (κ2) is 7.91. The monoisotopic (exact) mass is 416 g/mol. The molecule has 1 aromatic carbocycles. The Hall–Kier alpha value is -3.61. The molecule has 7 nitrogen and oxygen atoms in total. The first-order chi connectivity index (χ1) is 15.1. The van der Waals surface area contributed by atoms with Gasteiger partial charge in [0.15, 0.2) is 0 Å². The first-order valence-electron chi connectivity index (χ1n) is 10.5. The number of ether oxygens (including phenoxy) is 1. The van der Waals surface area contributed by atoms with Gasteiger partial charge in [0.05, 0.1) is 19.0 Å². The highest BCUT2D eigenvalue weighted by Crippen LogP contribution is 2.36. The number of carbonyl (C=O) groups is 1. The fraction of sp³-hybridized carbons (Fsp3) is 0.292. The Morgan fingerprint density at radius 3 is 2.65 bits per heavy atom. The molecular weight excluding hydrogens is 392 g/mol. The summed E-state index contributed by atoms with van der Waals surface area (Å²) >= 11 is 0. The summed E-state index contributed by atoms with van der Waals surface area (Å²) in [6, 6.07) is 16.4. The number of amides is 1. The van der Waals surface area contributed by atoms with E-state index >= 15 is 0 Å². The van der Waals surface area contributed by atoms with Gasteiger partial charge in [-0.05, 0) is 54.8 Å². The van der Waals surface area contributed by atoms with Crippen LogP contribution in [0.3, 0.4) is 0 Å². The predicted molar refractivity (Wildman–Crippen MR) is 119 cm³/mol. The van der Waals surface area contributed by atoms with Gasteiger partial charge in [-0.1, -0.05) is 6.07 Å². The zero-order valence-electron chi connectivity index (χ0n) is 17.3. The van der Waals surface area contributed by atoms with Crippen LogP contribution < -0.4 is 20.5 Å². The van der Waals surface area contributed by atoms with Crippen LogP contribution in [0.15, 0.2) is 65.6 Å². The van der Waals surface area contributed by atoms with E-state index in [1.165, 1.54) is 0 Å². The molecule has 2 atom stereocenters. The number of nitrogens with zero attached hydrogens (tertiary/aromatic N) is 3. The molecule has 0 aliphatic carbocycles. The summed E-state index contributed by atoms with van der Waals surface area (Å²) in [6.45, 7) is 2.48. The molecule has 2 bridgehead atoms. The van der Waals surface area contributed by atoms with Crippen molar-refractivity contribution >= 4 is 17.4 Å². The van der Waals surface area contributed by atoms with Crippen LogP contribution in [0.1, 0.15) is 28.4 Å². The quantitative estimate of drug-likeness (QED) is 0.707. The smallest absolute Gasteiger partial charge is 0.255 e. The summed E-state index contributed by atoms with van der Waals surface area (Å²) in [5.41, 5.74) is 2.42. The molecule has 0 saturated carbocycles. The Kier molecular flexibility index (Phi) is 4.94. The van der Waals surface area contributed by atoms with E-state index in [-0.39, 0.29) is 11.5 Å². The predicted octanol–water partition coefficient (Wildman–Crippen LogP) is 3.13. The van der Waals surface area contributed by atoms with Crippen molar-refractivity contribution in [2.24, 2.45) is 5.92 Å². The minimum atomic E-state index is -0.188. The molecule has 5 rings (SSSR count). The van der Waals surface area contributed by atoms with Crippen molar-refractivity contribution in [3.63, 3.8) is 0 Å². The number of rotatable bonds is 4. The van der Waals surface area contributed by atoms with Gasteiger partial charge < -0.3 is 19.5 Å². The summed E-state index contributed by atoms with van der Waals surface area (Å²) in [4.78, 5) is 31.5. The zero-order chi connectivity index (χ0) is 21.4. The summed E-state index contributed by atoms with van der Waals surface area (Å²) in [6.07, 6.45) is 2.80. The number of aromatic nitrogens is 2. The van der Waals surface area contributed by atoms with Gasteiger partial charge in [0, 0.05) is 42.9 Å². The molecule has 1 N–H and O–H groups in total. The van der Waals surface area contributed by atoms with E-state index in [9.17, 15) is 9.59 Å². The lowest BCUT2D eigenvalue weighted by Crippen LogP contribution is -2.47. The maximum atomic E-state index is 12.5. The average molecular weight is 416 g/mol. The molecule has 7 heteroatoms. The Labute approximate surface area is 180 Å². The van der Waals surface area contributed by atoms with Crippen molar-refractivity contribution in [1.29, 1.82) is 0 Å². The molecule has 1 amide bonds. The lowest BCUT2D eigenvalue weighted by atomic mass is 9.83. The number of methoxy groups -OCH3 is 1. The SMILES string of the molecule is COc1ccc(C(=O)Nc2ccc(N3C[C@@H]4C[C@H](C3)c3cccc(=O)n3C4)nc2)cc1. The van der Waals surface area contributed by atoms with E-state index in [1.54, 1.807) is 43.6 Å². The van der Waals surface area contributed by atoms with Gasteiger partial charge in [-0.25, -0.2) is 4.98 Å². The second-order valence-electron chi connectivity index (χ2n) is 8.19. The summed E-state index contributed by atoms with van der Waals surface area (Å²) in [7, 11) is 1.59. The molecule has 4 heterocycles. The summed E-state index contributed by atoms with van der Waals surface area (Å²) in [5.74, 6) is 2.18. The Balaban J connectivity index is 1.28. The maximum absolute atomic E-state index is 12.5. The van der Waals surface area contributed by atoms with Gasteiger partial charge in [-0.2, -0.15) is 0 Å². The topological polar surface area (TPSA) is 76.5 Å². The lowest BCUT2D eigenvalue weighted by molar-refractivity contribution is 0.102. The molecule has 31 heavy (non-hydrogen) atoms. The highest BCUT2D eigenvalue weighted by Gasteiger charge is 2.34. The molecular formula is C24H24N4O3. The number of pyridine rings is 2. The summed E-state index contributed by atoms with van der Waals surface area (Å²) in [5, 5.41) is 2.89. The van der Waals surface area contributed by atoms with Crippen molar-refractivity contribution < 1.29 is 9.53 Å². The standard InChI is InChI=1S/C24H24N4O3/c1-31-20-8-5-17(6-9-20)24(30)26-19-7-10-22(25-12-19)27-13-16-11-18(15-27)21-3-2-4-23(29)28(21)14-16/h2-10,12,16,18H,11,13-15H2,1H3,(H,26,30)/t16-,18+/m0/s1. The van der Waals surface area contributed by atoms with Crippen molar-refractivity contribution in [1.82, 2.24) is 9.55 Å². The third-order valence-electron chi connectivity index (χ3n) is 6.16. The molecule has 158 valence electrons. The third kappa shape index (κ3) is 3.79. The van der Waals surface area contributed by atoms with Gasteiger partial charge >= 0.3 is 0 Å². The fourth-order valence-electron chi connectivity index (χ4n) is 4.68. The Morgan fingerprint density at radius 2 is 1.90 bits per heavy atom. The van der Waals surface area contributed by atoms with E-state index in [0.29, 0.717) is 28.8 Å². The molecule has 2 aromatic heterocycles. The molecule has 0 unspecified atom stereocenters. The molecule has 1 saturated heterocycles. The number of anilines is 2. The third-order valence-corrected chi connectivity index (χ3v) is 6.16. The van der Waals surface area contributed by atoms with Crippen molar-refractivity contribution in [3.05, 3.63) is 82.4 Å². The first-order valence-corrected chi connectivity index (χ1v) is 10.5. The highest BCUT2D eigenvalue weighted by atomic mass is 16.5. The number of fused-ring (bicyclic) bond motifs is 4. The van der Waals surface area contributed by atoms with Crippen molar-refractivity contribution in [2.45, 2.75) is 18.9 Å². The maximum Gasteiger partial charge on any atom is 0.255 e. The first kappa shape index (κ1) is 19.4. The Morgan fingerprint density at radius 1 is 1.06 bits per heavy atom. The Bertz CT molecular complexity index is 1150. The minimum absolute atomic E-state index is 0.0933. The van der Waals surface area contributed by atoms with E-state index < -0.39 is 0 Å². The number of nitrogens with one attached hydrogen (secondary N) is 1. The number of benzene rings is 1.